The molecule has 1 aliphatic rings. The number of benzene rings is 3. The lowest BCUT2D eigenvalue weighted by Gasteiger charge is -2.26. The van der Waals surface area contributed by atoms with Crippen LogP contribution in [-0.2, 0) is 11.3 Å². The first-order chi connectivity index (χ1) is 19.9. The van der Waals surface area contributed by atoms with E-state index in [9.17, 15) is 15.0 Å². The number of hydrogen-bond acceptors (Lipinski definition) is 8. The highest BCUT2D eigenvalue weighted by atomic mass is 35.5. The van der Waals surface area contributed by atoms with Crippen molar-refractivity contribution in [2.75, 3.05) is 44.4 Å². The van der Waals surface area contributed by atoms with Gasteiger partial charge < -0.3 is 24.6 Å². The van der Waals surface area contributed by atoms with Crippen LogP contribution in [0.1, 0.15) is 21.5 Å². The van der Waals surface area contributed by atoms with E-state index in [1.54, 1.807) is 11.1 Å². The Morgan fingerprint density at radius 3 is 2.61 bits per heavy atom. The van der Waals surface area contributed by atoms with Crippen LogP contribution >= 0.6 is 11.6 Å². The fourth-order valence-corrected chi connectivity index (χ4v) is 4.81. The monoisotopic (exact) mass is 574 g/mol. The zero-order valence-corrected chi connectivity index (χ0v) is 23.4. The number of rotatable bonds is 9. The average molecular weight is 575 g/mol. The van der Waals surface area contributed by atoms with Crippen LogP contribution in [0.4, 0.5) is 5.69 Å². The number of amides is 1. The molecule has 1 aromatic heterocycles. The van der Waals surface area contributed by atoms with E-state index in [1.165, 1.54) is 12.1 Å². The number of aryl methyl sites for hydroxylation is 1. The maximum absolute atomic E-state index is 13.8. The number of phenols is 2. The van der Waals surface area contributed by atoms with Crippen molar-refractivity contribution < 1.29 is 24.5 Å². The SMILES string of the molecule is Cc1cnc(Cl)nc1-c1ccc(N(Cc2cccc(OCCN3CCOCC3)c2)C(=O)c2ccc(O)cc2O)cc1. The molecular weight excluding hydrogens is 544 g/mol. The Labute approximate surface area is 243 Å². The minimum absolute atomic E-state index is 0.0724. The molecule has 0 saturated carbocycles. The lowest BCUT2D eigenvalue weighted by Crippen LogP contribution is -2.38. The second-order valence-electron chi connectivity index (χ2n) is 9.76. The van der Waals surface area contributed by atoms with Crippen LogP contribution in [0.2, 0.25) is 5.28 Å². The van der Waals surface area contributed by atoms with Gasteiger partial charge in [-0.25, -0.2) is 9.97 Å². The van der Waals surface area contributed by atoms with E-state index >= 15 is 0 Å². The Kier molecular flexibility index (Phi) is 8.98. The highest BCUT2D eigenvalue weighted by molar-refractivity contribution is 6.28. The van der Waals surface area contributed by atoms with E-state index < -0.39 is 5.91 Å². The van der Waals surface area contributed by atoms with Crippen molar-refractivity contribution >= 4 is 23.2 Å². The molecule has 0 spiro atoms. The third-order valence-electron chi connectivity index (χ3n) is 6.87. The van der Waals surface area contributed by atoms with Crippen LogP contribution in [0.25, 0.3) is 11.3 Å². The maximum Gasteiger partial charge on any atom is 0.262 e. The number of carbonyl (C=O) groups excluding carboxylic acids is 1. The van der Waals surface area contributed by atoms with E-state index in [2.05, 4.69) is 14.9 Å². The lowest BCUT2D eigenvalue weighted by molar-refractivity contribution is 0.0322. The molecule has 0 unspecified atom stereocenters. The molecule has 1 saturated heterocycles. The second-order valence-corrected chi connectivity index (χ2v) is 10.1. The molecule has 1 fully saturated rings. The Balaban J connectivity index is 1.39. The van der Waals surface area contributed by atoms with Crippen LogP contribution < -0.4 is 9.64 Å². The molecular formula is C31H31ClN4O5. The molecule has 0 radical (unpaired) electrons. The fraction of sp³-hybridized carbons (Fsp3) is 0.258. The smallest absolute Gasteiger partial charge is 0.262 e. The molecule has 0 bridgehead atoms. The lowest BCUT2D eigenvalue weighted by atomic mass is 10.1. The summed E-state index contributed by atoms with van der Waals surface area (Å²) in [5, 5.41) is 20.4. The molecule has 0 atom stereocenters. The van der Waals surface area contributed by atoms with Crippen LogP contribution in [0.15, 0.2) is 72.9 Å². The standard InChI is InChI=1S/C31H31ClN4O5/c1-21-19-33-31(32)34-29(21)23-5-7-24(8-6-23)36(30(39)27-10-9-25(37)18-28(27)38)20-22-3-2-4-26(17-22)41-16-13-35-11-14-40-15-12-35/h2-10,17-19,37-38H,11-16,20H2,1H3. The molecule has 4 aromatic rings. The topological polar surface area (TPSA) is 108 Å². The number of hydrogen-bond donors (Lipinski definition) is 2. The molecule has 2 N–H and O–H groups in total. The van der Waals surface area contributed by atoms with Gasteiger partial charge in [-0.1, -0.05) is 24.3 Å². The first-order valence-corrected chi connectivity index (χ1v) is 13.7. The summed E-state index contributed by atoms with van der Waals surface area (Å²) in [4.78, 5) is 26.0. The highest BCUT2D eigenvalue weighted by Crippen LogP contribution is 2.30. The van der Waals surface area contributed by atoms with Crippen molar-refractivity contribution in [1.82, 2.24) is 14.9 Å². The summed E-state index contributed by atoms with van der Waals surface area (Å²) in [5.41, 5.74) is 3.93. The van der Waals surface area contributed by atoms with Crippen molar-refractivity contribution in [1.29, 1.82) is 0 Å². The van der Waals surface area contributed by atoms with Gasteiger partial charge in [0.05, 0.1) is 31.0 Å². The van der Waals surface area contributed by atoms with E-state index in [0.717, 1.165) is 55.6 Å². The van der Waals surface area contributed by atoms with Crippen LogP contribution in [0, 0.1) is 6.92 Å². The largest absolute Gasteiger partial charge is 0.508 e. The number of halogens is 1. The number of anilines is 1. The van der Waals surface area contributed by atoms with Gasteiger partial charge in [0.25, 0.3) is 5.91 Å². The minimum atomic E-state index is -0.421. The predicted octanol–water partition coefficient (Wildman–Crippen LogP) is 5.07. The Hall–Kier alpha value is -4.18. The van der Waals surface area contributed by atoms with E-state index in [-0.39, 0.29) is 28.9 Å². The zero-order chi connectivity index (χ0) is 28.8. The fourth-order valence-electron chi connectivity index (χ4n) is 4.67. The first-order valence-electron chi connectivity index (χ1n) is 13.3. The molecule has 41 heavy (non-hydrogen) atoms. The average Bonchev–Trinajstić information content (AvgIpc) is 2.98. The third-order valence-corrected chi connectivity index (χ3v) is 7.05. The number of carbonyl (C=O) groups is 1. The van der Waals surface area contributed by atoms with Gasteiger partial charge in [0.15, 0.2) is 0 Å². The van der Waals surface area contributed by atoms with E-state index in [0.29, 0.717) is 23.7 Å². The molecule has 212 valence electrons. The molecule has 0 aliphatic carbocycles. The summed E-state index contributed by atoms with van der Waals surface area (Å²) in [6, 6.07) is 18.9. The number of ether oxygens (including phenoxy) is 2. The van der Waals surface area contributed by atoms with Gasteiger partial charge in [0.1, 0.15) is 23.9 Å². The molecule has 9 nitrogen and oxygen atoms in total. The van der Waals surface area contributed by atoms with Gasteiger partial charge >= 0.3 is 0 Å². The number of morpholine rings is 1. The van der Waals surface area contributed by atoms with Gasteiger partial charge in [-0.2, -0.15) is 0 Å². The van der Waals surface area contributed by atoms with Crippen molar-refractivity contribution in [3.05, 3.63) is 94.9 Å². The number of aromatic hydroxyl groups is 2. The summed E-state index contributed by atoms with van der Waals surface area (Å²) in [5.74, 6) is -0.143. The van der Waals surface area contributed by atoms with Crippen molar-refractivity contribution in [2.45, 2.75) is 13.5 Å². The summed E-state index contributed by atoms with van der Waals surface area (Å²) in [7, 11) is 0. The van der Waals surface area contributed by atoms with Crippen molar-refractivity contribution in [2.24, 2.45) is 0 Å². The first kappa shape index (κ1) is 28.4. The van der Waals surface area contributed by atoms with Gasteiger partial charge in [-0.3, -0.25) is 9.69 Å². The molecule has 5 rings (SSSR count). The Morgan fingerprint density at radius 1 is 1.07 bits per heavy atom. The van der Waals surface area contributed by atoms with Crippen molar-refractivity contribution in [3.63, 3.8) is 0 Å². The van der Waals surface area contributed by atoms with Gasteiger partial charge in [-0.05, 0) is 66.0 Å². The van der Waals surface area contributed by atoms with Gasteiger partial charge in [0, 0.05) is 43.1 Å². The maximum atomic E-state index is 13.8. The molecule has 2 heterocycles. The highest BCUT2D eigenvalue weighted by Gasteiger charge is 2.22. The predicted molar refractivity (Wildman–Crippen MR) is 157 cm³/mol. The number of aromatic nitrogens is 2. The van der Waals surface area contributed by atoms with Crippen molar-refractivity contribution in [3.8, 4) is 28.5 Å². The van der Waals surface area contributed by atoms with E-state index in [4.69, 9.17) is 21.1 Å². The summed E-state index contributed by atoms with van der Waals surface area (Å²) >= 11 is 6.02. The molecule has 1 amide bonds. The minimum Gasteiger partial charge on any atom is -0.508 e. The van der Waals surface area contributed by atoms with Crippen LogP contribution in [0.3, 0.4) is 0 Å². The van der Waals surface area contributed by atoms with Gasteiger partial charge in [-0.15, -0.1) is 0 Å². The number of nitrogens with zero attached hydrogens (tertiary/aromatic N) is 4. The molecule has 1 aliphatic heterocycles. The van der Waals surface area contributed by atoms with Gasteiger partial charge in [0.2, 0.25) is 5.28 Å². The third kappa shape index (κ3) is 7.13. The normalized spacial score (nSPS) is 13.6. The summed E-state index contributed by atoms with van der Waals surface area (Å²) < 4.78 is 11.4. The summed E-state index contributed by atoms with van der Waals surface area (Å²) in [6.45, 7) is 6.74. The summed E-state index contributed by atoms with van der Waals surface area (Å²) in [6.07, 6.45) is 1.66. The Bertz CT molecular complexity index is 1510. The molecule has 3 aromatic carbocycles. The molecule has 10 heteroatoms. The second kappa shape index (κ2) is 13.0. The van der Waals surface area contributed by atoms with E-state index in [1.807, 2.05) is 55.5 Å². The number of phenolic OH excluding ortho intramolecular Hbond substituents is 2. The zero-order valence-electron chi connectivity index (χ0n) is 22.7. The quantitative estimate of drug-likeness (QED) is 0.267. The van der Waals surface area contributed by atoms with Crippen LogP contribution in [0.5, 0.6) is 17.2 Å². The van der Waals surface area contributed by atoms with Crippen LogP contribution in [-0.4, -0.2) is 70.4 Å². The Morgan fingerprint density at radius 2 is 1.85 bits per heavy atom.